The number of anilines is 1. The van der Waals surface area contributed by atoms with E-state index in [-0.39, 0.29) is 5.91 Å². The summed E-state index contributed by atoms with van der Waals surface area (Å²) in [5.41, 5.74) is 2.19. The highest BCUT2D eigenvalue weighted by atomic mass is 35.5. The molecule has 0 radical (unpaired) electrons. The maximum Gasteiger partial charge on any atom is 0.267 e. The summed E-state index contributed by atoms with van der Waals surface area (Å²) in [6.07, 6.45) is 0.317. The molecule has 0 spiro atoms. The summed E-state index contributed by atoms with van der Waals surface area (Å²) in [7, 11) is 0. The van der Waals surface area contributed by atoms with Gasteiger partial charge in [-0.3, -0.25) is 4.79 Å². The number of benzene rings is 2. The molecule has 1 amide bonds. The van der Waals surface area contributed by atoms with Crippen LogP contribution in [0.25, 0.3) is 0 Å². The number of halogens is 1. The number of amides is 1. The molecule has 0 saturated heterocycles. The SMILES string of the molecule is C[C@H](Oc1ccccc1Cl)C(=O)N1CCc2ccccc21. The van der Waals surface area contributed by atoms with Crippen molar-refractivity contribution in [3.63, 3.8) is 0 Å². The van der Waals surface area contributed by atoms with Crippen LogP contribution in [0, 0.1) is 0 Å². The van der Waals surface area contributed by atoms with Crippen molar-refractivity contribution in [1.29, 1.82) is 0 Å². The molecule has 0 N–H and O–H groups in total. The molecule has 0 aliphatic carbocycles. The molecule has 21 heavy (non-hydrogen) atoms. The first kappa shape index (κ1) is 14.0. The van der Waals surface area contributed by atoms with Crippen molar-refractivity contribution >= 4 is 23.2 Å². The number of para-hydroxylation sites is 2. The Labute approximate surface area is 129 Å². The molecule has 1 aliphatic rings. The summed E-state index contributed by atoms with van der Waals surface area (Å²) >= 11 is 6.06. The fraction of sp³-hybridized carbons (Fsp3) is 0.235. The Hall–Kier alpha value is -2.00. The zero-order chi connectivity index (χ0) is 14.8. The first-order valence-electron chi connectivity index (χ1n) is 6.97. The number of nitrogens with zero attached hydrogens (tertiary/aromatic N) is 1. The lowest BCUT2D eigenvalue weighted by atomic mass is 10.2. The average molecular weight is 302 g/mol. The van der Waals surface area contributed by atoms with Crippen LogP contribution in [0.1, 0.15) is 12.5 Å². The van der Waals surface area contributed by atoms with Gasteiger partial charge < -0.3 is 9.64 Å². The Balaban J connectivity index is 1.76. The van der Waals surface area contributed by atoms with Gasteiger partial charge in [0.2, 0.25) is 0 Å². The molecule has 3 nitrogen and oxygen atoms in total. The van der Waals surface area contributed by atoms with Crippen LogP contribution in [0.5, 0.6) is 5.75 Å². The van der Waals surface area contributed by atoms with E-state index in [0.717, 1.165) is 12.1 Å². The first-order chi connectivity index (χ1) is 10.2. The van der Waals surface area contributed by atoms with Gasteiger partial charge in [-0.05, 0) is 37.1 Å². The van der Waals surface area contributed by atoms with E-state index in [4.69, 9.17) is 16.3 Å². The van der Waals surface area contributed by atoms with Gasteiger partial charge in [0.05, 0.1) is 5.02 Å². The van der Waals surface area contributed by atoms with Gasteiger partial charge in [-0.15, -0.1) is 0 Å². The number of carbonyl (C=O) groups excluding carboxylic acids is 1. The van der Waals surface area contributed by atoms with Crippen LogP contribution in [-0.4, -0.2) is 18.6 Å². The number of hydrogen-bond donors (Lipinski definition) is 0. The quantitative estimate of drug-likeness (QED) is 0.865. The van der Waals surface area contributed by atoms with Gasteiger partial charge in [0, 0.05) is 12.2 Å². The predicted octanol–water partition coefficient (Wildman–Crippen LogP) is 3.70. The molecule has 1 aliphatic heterocycles. The summed E-state index contributed by atoms with van der Waals surface area (Å²) in [4.78, 5) is 14.4. The Morgan fingerprint density at radius 3 is 2.71 bits per heavy atom. The molecule has 0 aromatic heterocycles. The van der Waals surface area contributed by atoms with Gasteiger partial charge in [0.25, 0.3) is 5.91 Å². The van der Waals surface area contributed by atoms with Gasteiger partial charge in [-0.2, -0.15) is 0 Å². The Morgan fingerprint density at radius 2 is 1.90 bits per heavy atom. The molecule has 2 aromatic rings. The number of hydrogen-bond acceptors (Lipinski definition) is 2. The van der Waals surface area contributed by atoms with Crippen LogP contribution in [0.3, 0.4) is 0 Å². The molecule has 1 heterocycles. The third-order valence-electron chi connectivity index (χ3n) is 3.64. The zero-order valence-corrected chi connectivity index (χ0v) is 12.5. The second kappa shape index (κ2) is 5.78. The minimum Gasteiger partial charge on any atom is -0.479 e. The molecule has 108 valence electrons. The van der Waals surface area contributed by atoms with E-state index in [1.165, 1.54) is 5.56 Å². The van der Waals surface area contributed by atoms with E-state index in [0.29, 0.717) is 17.3 Å². The van der Waals surface area contributed by atoms with Gasteiger partial charge >= 0.3 is 0 Å². The van der Waals surface area contributed by atoms with Crippen LogP contribution in [0.15, 0.2) is 48.5 Å². The maximum absolute atomic E-state index is 12.6. The van der Waals surface area contributed by atoms with E-state index in [1.54, 1.807) is 24.0 Å². The van der Waals surface area contributed by atoms with Crippen LogP contribution in [-0.2, 0) is 11.2 Å². The fourth-order valence-corrected chi connectivity index (χ4v) is 2.75. The van der Waals surface area contributed by atoms with E-state index >= 15 is 0 Å². The summed E-state index contributed by atoms with van der Waals surface area (Å²) in [6, 6.07) is 15.2. The first-order valence-corrected chi connectivity index (χ1v) is 7.35. The molecular formula is C17H16ClNO2. The number of carbonyl (C=O) groups is 1. The van der Waals surface area contributed by atoms with Gasteiger partial charge in [0.1, 0.15) is 5.75 Å². The lowest BCUT2D eigenvalue weighted by molar-refractivity contribution is -0.124. The second-order valence-corrected chi connectivity index (χ2v) is 5.47. The van der Waals surface area contributed by atoms with Crippen molar-refractivity contribution in [2.45, 2.75) is 19.4 Å². The van der Waals surface area contributed by atoms with E-state index in [1.807, 2.05) is 30.3 Å². The van der Waals surface area contributed by atoms with Crippen LogP contribution < -0.4 is 9.64 Å². The molecule has 2 aromatic carbocycles. The fourth-order valence-electron chi connectivity index (χ4n) is 2.57. The average Bonchev–Trinajstić information content (AvgIpc) is 2.92. The third-order valence-corrected chi connectivity index (χ3v) is 3.95. The van der Waals surface area contributed by atoms with Crippen LogP contribution in [0.4, 0.5) is 5.69 Å². The van der Waals surface area contributed by atoms with Crippen molar-refractivity contribution in [3.8, 4) is 5.75 Å². The smallest absolute Gasteiger partial charge is 0.267 e. The molecular weight excluding hydrogens is 286 g/mol. The van der Waals surface area contributed by atoms with Crippen LogP contribution in [0.2, 0.25) is 5.02 Å². The van der Waals surface area contributed by atoms with Crippen LogP contribution >= 0.6 is 11.6 Å². The van der Waals surface area contributed by atoms with Crippen molar-refractivity contribution in [1.82, 2.24) is 0 Å². The molecule has 0 fully saturated rings. The Kier molecular flexibility index (Phi) is 3.84. The molecule has 3 rings (SSSR count). The summed E-state index contributed by atoms with van der Waals surface area (Å²) in [5, 5.41) is 0.513. The van der Waals surface area contributed by atoms with E-state index < -0.39 is 6.10 Å². The van der Waals surface area contributed by atoms with Crippen molar-refractivity contribution in [2.24, 2.45) is 0 Å². The molecule has 0 saturated carbocycles. The third kappa shape index (κ3) is 2.74. The van der Waals surface area contributed by atoms with Gasteiger partial charge in [0.15, 0.2) is 6.10 Å². The Bertz CT molecular complexity index is 671. The monoisotopic (exact) mass is 301 g/mol. The predicted molar refractivity (Wildman–Crippen MR) is 84.0 cm³/mol. The highest BCUT2D eigenvalue weighted by Crippen LogP contribution is 2.29. The van der Waals surface area contributed by atoms with Crippen molar-refractivity contribution in [3.05, 3.63) is 59.1 Å². The summed E-state index contributed by atoms with van der Waals surface area (Å²) < 4.78 is 5.71. The molecule has 1 atom stereocenters. The molecule has 0 unspecified atom stereocenters. The minimum absolute atomic E-state index is 0.0418. The summed E-state index contributed by atoms with van der Waals surface area (Å²) in [6.45, 7) is 2.46. The van der Waals surface area contributed by atoms with Crippen molar-refractivity contribution in [2.75, 3.05) is 11.4 Å². The zero-order valence-electron chi connectivity index (χ0n) is 11.8. The highest BCUT2D eigenvalue weighted by Gasteiger charge is 2.28. The second-order valence-electron chi connectivity index (χ2n) is 5.06. The van der Waals surface area contributed by atoms with Gasteiger partial charge in [-0.25, -0.2) is 0 Å². The van der Waals surface area contributed by atoms with Gasteiger partial charge in [-0.1, -0.05) is 41.9 Å². The van der Waals surface area contributed by atoms with E-state index in [2.05, 4.69) is 6.07 Å². The topological polar surface area (TPSA) is 29.5 Å². The highest BCUT2D eigenvalue weighted by molar-refractivity contribution is 6.32. The maximum atomic E-state index is 12.6. The molecule has 0 bridgehead atoms. The minimum atomic E-state index is -0.573. The summed E-state index contributed by atoms with van der Waals surface area (Å²) in [5.74, 6) is 0.493. The standard InChI is InChI=1S/C17H16ClNO2/c1-12(21-16-9-5-3-7-14(16)18)17(20)19-11-10-13-6-2-4-8-15(13)19/h2-9,12H,10-11H2,1H3/t12-/m0/s1. The Morgan fingerprint density at radius 1 is 1.19 bits per heavy atom. The van der Waals surface area contributed by atoms with E-state index in [9.17, 15) is 4.79 Å². The molecule has 4 heteroatoms. The number of rotatable bonds is 3. The largest absolute Gasteiger partial charge is 0.479 e. The van der Waals surface area contributed by atoms with Crippen molar-refractivity contribution < 1.29 is 9.53 Å². The number of ether oxygens (including phenoxy) is 1. The lowest BCUT2D eigenvalue weighted by Crippen LogP contribution is -2.39. The lowest BCUT2D eigenvalue weighted by Gasteiger charge is -2.22. The normalized spacial score (nSPS) is 14.7. The number of fused-ring (bicyclic) bond motifs is 1.